The quantitative estimate of drug-likeness (QED) is 0.392. The van der Waals surface area contributed by atoms with Crippen molar-refractivity contribution in [1.29, 1.82) is 0 Å². The zero-order chi connectivity index (χ0) is 24.6. The lowest BCUT2D eigenvalue weighted by molar-refractivity contribution is 0.285. The van der Waals surface area contributed by atoms with Crippen molar-refractivity contribution in [3.8, 4) is 22.8 Å². The summed E-state index contributed by atoms with van der Waals surface area (Å²) in [7, 11) is 0. The van der Waals surface area contributed by atoms with Crippen LogP contribution >= 0.6 is 11.3 Å². The fourth-order valence-corrected chi connectivity index (χ4v) is 4.23. The fourth-order valence-electron chi connectivity index (χ4n) is 3.64. The van der Waals surface area contributed by atoms with Crippen LogP contribution in [0.15, 0.2) is 40.6 Å². The summed E-state index contributed by atoms with van der Waals surface area (Å²) in [5, 5.41) is 2.92. The number of nitrogens with zero attached hydrogens (tertiary/aromatic N) is 5. The van der Waals surface area contributed by atoms with E-state index in [1.165, 1.54) is 0 Å². The topological polar surface area (TPSA) is 82.8 Å². The molecule has 3 heterocycles. The lowest BCUT2D eigenvalue weighted by Crippen LogP contribution is -2.25. The Kier molecular flexibility index (Phi) is 6.36. The molecule has 0 N–H and O–H groups in total. The van der Waals surface area contributed by atoms with Gasteiger partial charge in [-0.25, -0.2) is 15.0 Å². The predicted octanol–water partition coefficient (Wildman–Crippen LogP) is 5.26. The Morgan fingerprint density at radius 3 is 2.50 bits per heavy atom. The summed E-state index contributed by atoms with van der Waals surface area (Å²) in [6.45, 7) is 14.0. The molecule has 0 aliphatic carbocycles. The van der Waals surface area contributed by atoms with Crippen molar-refractivity contribution in [2.45, 2.75) is 60.5 Å². The van der Waals surface area contributed by atoms with E-state index < -0.39 is 0 Å². The second-order valence-electron chi connectivity index (χ2n) is 9.40. The van der Waals surface area contributed by atoms with Crippen LogP contribution in [0, 0.1) is 27.7 Å². The molecule has 4 rings (SSSR count). The van der Waals surface area contributed by atoms with Crippen LogP contribution in [-0.2, 0) is 12.0 Å². The molecule has 0 aliphatic rings. The molecule has 0 aliphatic heterocycles. The lowest BCUT2D eigenvalue weighted by Gasteiger charge is -2.18. The Morgan fingerprint density at radius 2 is 1.82 bits per heavy atom. The maximum absolute atomic E-state index is 13.3. The normalized spacial score (nSPS) is 11.6. The number of hydrogen-bond donors (Lipinski definition) is 0. The van der Waals surface area contributed by atoms with Gasteiger partial charge in [-0.3, -0.25) is 9.36 Å². The highest BCUT2D eigenvalue weighted by Crippen LogP contribution is 2.27. The average molecular weight is 476 g/mol. The van der Waals surface area contributed by atoms with Crippen molar-refractivity contribution in [2.75, 3.05) is 0 Å². The second kappa shape index (κ2) is 9.10. The lowest BCUT2D eigenvalue weighted by atomic mass is 9.95. The van der Waals surface area contributed by atoms with Crippen LogP contribution in [0.3, 0.4) is 0 Å². The van der Waals surface area contributed by atoms with E-state index in [1.54, 1.807) is 29.8 Å². The number of ether oxygens (including phenoxy) is 1. The van der Waals surface area contributed by atoms with E-state index in [0.29, 0.717) is 17.3 Å². The van der Waals surface area contributed by atoms with Gasteiger partial charge < -0.3 is 4.74 Å². The number of benzene rings is 1. The summed E-state index contributed by atoms with van der Waals surface area (Å²) >= 11 is 1.57. The Morgan fingerprint density at radius 1 is 1.06 bits per heavy atom. The first kappa shape index (κ1) is 23.8. The highest BCUT2D eigenvalue weighted by molar-refractivity contribution is 7.09. The molecular formula is C26H29N5O2S. The van der Waals surface area contributed by atoms with Crippen molar-refractivity contribution in [3.63, 3.8) is 0 Å². The molecule has 0 atom stereocenters. The van der Waals surface area contributed by atoms with Gasteiger partial charge in [0.1, 0.15) is 18.3 Å². The van der Waals surface area contributed by atoms with Gasteiger partial charge in [0.05, 0.1) is 27.6 Å². The third-order valence-corrected chi connectivity index (χ3v) is 6.30. The van der Waals surface area contributed by atoms with Crippen LogP contribution < -0.4 is 10.3 Å². The first-order chi connectivity index (χ1) is 16.0. The maximum atomic E-state index is 13.3. The number of aromatic nitrogens is 5. The van der Waals surface area contributed by atoms with Crippen molar-refractivity contribution >= 4 is 11.3 Å². The zero-order valence-electron chi connectivity index (χ0n) is 20.6. The van der Waals surface area contributed by atoms with Gasteiger partial charge >= 0.3 is 0 Å². The van der Waals surface area contributed by atoms with Crippen LogP contribution in [0.2, 0.25) is 0 Å². The first-order valence-corrected chi connectivity index (χ1v) is 12.0. The molecule has 0 bridgehead atoms. The summed E-state index contributed by atoms with van der Waals surface area (Å²) in [6.07, 6.45) is 1.86. The molecular weight excluding hydrogens is 446 g/mol. The predicted molar refractivity (Wildman–Crippen MR) is 135 cm³/mol. The van der Waals surface area contributed by atoms with Gasteiger partial charge in [0.2, 0.25) is 5.88 Å². The molecule has 0 amide bonds. The summed E-state index contributed by atoms with van der Waals surface area (Å²) in [5.74, 6) is 1.66. The molecule has 4 aromatic rings. The number of thiazole rings is 1. The standard InChI is InChI=1S/C26H29N5O2S/c1-15-12-27-25(26(5,6)7)30-22(15)19-9-8-10-21(11-19)31-17(3)28-23(16(2)24(31)32)33-13-20-14-34-18(4)29-20/h8-12,14H,13H2,1-7H3. The maximum Gasteiger partial charge on any atom is 0.264 e. The van der Waals surface area contributed by atoms with E-state index in [4.69, 9.17) is 9.72 Å². The number of hydrogen-bond acceptors (Lipinski definition) is 7. The molecule has 0 saturated heterocycles. The third-order valence-electron chi connectivity index (χ3n) is 5.48. The van der Waals surface area contributed by atoms with Gasteiger partial charge in [-0.1, -0.05) is 32.9 Å². The van der Waals surface area contributed by atoms with Gasteiger partial charge in [-0.15, -0.1) is 11.3 Å². The molecule has 8 heteroatoms. The molecule has 0 spiro atoms. The van der Waals surface area contributed by atoms with Crippen LogP contribution in [0.5, 0.6) is 5.88 Å². The smallest absolute Gasteiger partial charge is 0.264 e. The van der Waals surface area contributed by atoms with Gasteiger partial charge in [-0.05, 0) is 45.4 Å². The average Bonchev–Trinajstić information content (AvgIpc) is 3.20. The van der Waals surface area contributed by atoms with Gasteiger partial charge in [0.25, 0.3) is 5.56 Å². The second-order valence-corrected chi connectivity index (χ2v) is 10.5. The van der Waals surface area contributed by atoms with Gasteiger partial charge in [0.15, 0.2) is 0 Å². The van der Waals surface area contributed by atoms with E-state index in [1.807, 2.05) is 49.7 Å². The monoisotopic (exact) mass is 475 g/mol. The molecule has 0 unspecified atom stereocenters. The molecule has 34 heavy (non-hydrogen) atoms. The largest absolute Gasteiger partial charge is 0.471 e. The molecule has 1 aromatic carbocycles. The Hall–Kier alpha value is -3.39. The van der Waals surface area contributed by atoms with Crippen LogP contribution in [0.25, 0.3) is 16.9 Å². The van der Waals surface area contributed by atoms with E-state index in [2.05, 4.69) is 35.7 Å². The minimum absolute atomic E-state index is 0.163. The fraction of sp³-hybridized carbons (Fsp3) is 0.346. The molecule has 0 saturated carbocycles. The third kappa shape index (κ3) is 4.77. The Bertz CT molecular complexity index is 1420. The molecule has 176 valence electrons. The van der Waals surface area contributed by atoms with Crippen molar-refractivity contribution in [3.05, 3.63) is 79.7 Å². The summed E-state index contributed by atoms with van der Waals surface area (Å²) < 4.78 is 7.46. The SMILES string of the molecule is Cc1nc(COc2nc(C)n(-c3cccc(-c4nc(C(C)(C)C)ncc4C)c3)c(=O)c2C)cs1. The molecule has 7 nitrogen and oxygen atoms in total. The highest BCUT2D eigenvalue weighted by atomic mass is 32.1. The van der Waals surface area contributed by atoms with E-state index in [-0.39, 0.29) is 17.6 Å². The number of rotatable bonds is 5. The molecule has 0 radical (unpaired) electrons. The van der Waals surface area contributed by atoms with Crippen LogP contribution in [0.1, 0.15) is 54.2 Å². The highest BCUT2D eigenvalue weighted by Gasteiger charge is 2.20. The minimum Gasteiger partial charge on any atom is -0.471 e. The summed E-state index contributed by atoms with van der Waals surface area (Å²) in [6, 6.07) is 7.80. The number of aryl methyl sites for hydroxylation is 3. The summed E-state index contributed by atoms with van der Waals surface area (Å²) in [4.78, 5) is 31.7. The van der Waals surface area contributed by atoms with Crippen LogP contribution in [0.4, 0.5) is 0 Å². The van der Waals surface area contributed by atoms with Gasteiger partial charge in [0, 0.05) is 22.6 Å². The van der Waals surface area contributed by atoms with Gasteiger partial charge in [-0.2, -0.15) is 4.98 Å². The first-order valence-electron chi connectivity index (χ1n) is 11.1. The zero-order valence-corrected chi connectivity index (χ0v) is 21.4. The van der Waals surface area contributed by atoms with E-state index in [0.717, 1.165) is 39.0 Å². The van der Waals surface area contributed by atoms with Crippen molar-refractivity contribution in [2.24, 2.45) is 0 Å². The van der Waals surface area contributed by atoms with E-state index >= 15 is 0 Å². The molecule has 3 aromatic heterocycles. The molecule has 0 fully saturated rings. The Balaban J connectivity index is 1.72. The van der Waals surface area contributed by atoms with Crippen LogP contribution in [-0.4, -0.2) is 24.5 Å². The minimum atomic E-state index is -0.165. The summed E-state index contributed by atoms with van der Waals surface area (Å²) in [5.41, 5.74) is 4.44. The van der Waals surface area contributed by atoms with Crippen molar-refractivity contribution in [1.82, 2.24) is 24.5 Å². The van der Waals surface area contributed by atoms with E-state index in [9.17, 15) is 4.79 Å². The Labute approximate surface area is 203 Å². The van der Waals surface area contributed by atoms with Crippen molar-refractivity contribution < 1.29 is 4.74 Å².